The lowest BCUT2D eigenvalue weighted by Gasteiger charge is -2.19. The highest BCUT2D eigenvalue weighted by atomic mass is 15.1. The first-order chi connectivity index (χ1) is 8.85. The molecule has 2 aliphatic carbocycles. The summed E-state index contributed by atoms with van der Waals surface area (Å²) in [4.78, 5) is 2.40. The van der Waals surface area contributed by atoms with E-state index in [4.69, 9.17) is 0 Å². The summed E-state index contributed by atoms with van der Waals surface area (Å²) in [5, 5.41) is 3.49. The predicted octanol–water partition coefficient (Wildman–Crippen LogP) is 4.26. The van der Waals surface area contributed by atoms with Gasteiger partial charge in [-0.15, -0.1) is 0 Å². The minimum Gasteiger partial charge on any atom is -0.372 e. The second kappa shape index (κ2) is 4.37. The Morgan fingerprint density at radius 1 is 0.944 bits per heavy atom. The summed E-state index contributed by atoms with van der Waals surface area (Å²) in [7, 11) is 0. The molecule has 3 rings (SSSR count). The molecule has 2 nitrogen and oxygen atoms in total. The molecule has 0 aliphatic heterocycles. The van der Waals surface area contributed by atoms with Gasteiger partial charge in [-0.05, 0) is 32.0 Å². The lowest BCUT2D eigenvalue weighted by atomic mass is 10.3. The lowest BCUT2D eigenvalue weighted by molar-refractivity contribution is 0.870. The fourth-order valence-corrected chi connectivity index (χ4v) is 2.50. The molecule has 0 fully saturated rings. The summed E-state index contributed by atoms with van der Waals surface area (Å²) in [6.07, 6.45) is 0. The van der Waals surface area contributed by atoms with Gasteiger partial charge in [0.05, 0.1) is 5.69 Å². The number of nitrogens with one attached hydrogen (secondary N) is 1. The number of rotatable bonds is 5. The van der Waals surface area contributed by atoms with E-state index in [-0.39, 0.29) is 0 Å². The molecule has 0 saturated heterocycles. The quantitative estimate of drug-likeness (QED) is 0.714. The van der Waals surface area contributed by atoms with E-state index in [0.29, 0.717) is 0 Å². The van der Waals surface area contributed by atoms with E-state index < -0.39 is 0 Å². The Kier molecular flexibility index (Phi) is 2.71. The molecule has 0 saturated carbocycles. The highest BCUT2D eigenvalue weighted by Gasteiger charge is 2.30. The van der Waals surface area contributed by atoms with Gasteiger partial charge in [0.25, 0.3) is 0 Å². The number of nitrogens with zero attached hydrogens (tertiary/aromatic N) is 1. The summed E-state index contributed by atoms with van der Waals surface area (Å²) in [6, 6.07) is 14.8. The van der Waals surface area contributed by atoms with Gasteiger partial charge in [-0.3, -0.25) is 0 Å². The Labute approximate surface area is 108 Å². The second-order valence-corrected chi connectivity index (χ2v) is 4.55. The topological polar surface area (TPSA) is 15.3 Å². The van der Waals surface area contributed by atoms with Crippen LogP contribution in [0.3, 0.4) is 0 Å². The Balaban J connectivity index is 1.83. The molecule has 18 heavy (non-hydrogen) atoms. The molecule has 0 atom stereocenters. The molecule has 92 valence electrons. The lowest BCUT2D eigenvalue weighted by Crippen LogP contribution is -2.21. The number of anilines is 3. The minimum atomic E-state index is 1.06. The largest absolute Gasteiger partial charge is 0.372 e. The third-order valence-electron chi connectivity index (χ3n) is 3.54. The third kappa shape index (κ3) is 1.74. The zero-order valence-corrected chi connectivity index (χ0v) is 10.9. The molecule has 0 heterocycles. The highest BCUT2D eigenvalue weighted by Crippen LogP contribution is 2.56. The van der Waals surface area contributed by atoms with Gasteiger partial charge in [0.1, 0.15) is 0 Å². The first kappa shape index (κ1) is 11.1. The summed E-state index contributed by atoms with van der Waals surface area (Å²) >= 11 is 0. The predicted molar refractivity (Wildman–Crippen MR) is 78.7 cm³/mol. The summed E-state index contributed by atoms with van der Waals surface area (Å²) in [6.45, 7) is 6.53. The molecule has 2 heteroatoms. The minimum absolute atomic E-state index is 1.06. The van der Waals surface area contributed by atoms with Crippen LogP contribution in [0, 0.1) is 0 Å². The first-order valence-corrected chi connectivity index (χ1v) is 6.59. The van der Waals surface area contributed by atoms with Gasteiger partial charge in [0.15, 0.2) is 0 Å². The number of para-hydroxylation sites is 1. The van der Waals surface area contributed by atoms with Crippen LogP contribution in [-0.2, 0) is 0 Å². The average Bonchev–Trinajstić information content (AvgIpc) is 2.89. The van der Waals surface area contributed by atoms with E-state index in [1.807, 2.05) is 6.07 Å². The maximum absolute atomic E-state index is 3.49. The summed E-state index contributed by atoms with van der Waals surface area (Å²) in [5.74, 6) is 0. The molecule has 1 aromatic rings. The van der Waals surface area contributed by atoms with Crippen molar-refractivity contribution in [3.63, 3.8) is 0 Å². The Hall–Kier alpha value is -1.96. The van der Waals surface area contributed by atoms with Crippen molar-refractivity contribution >= 4 is 17.1 Å². The van der Waals surface area contributed by atoms with Crippen LogP contribution in [0.15, 0.2) is 42.5 Å². The zero-order valence-electron chi connectivity index (χ0n) is 10.9. The molecule has 0 radical (unpaired) electrons. The van der Waals surface area contributed by atoms with Crippen molar-refractivity contribution in [1.82, 2.24) is 0 Å². The van der Waals surface area contributed by atoms with E-state index in [2.05, 4.69) is 60.5 Å². The van der Waals surface area contributed by atoms with Gasteiger partial charge in [0.2, 0.25) is 0 Å². The smallest absolute Gasteiger partial charge is 0.0567 e. The van der Waals surface area contributed by atoms with Crippen LogP contribution in [0.1, 0.15) is 13.8 Å². The van der Waals surface area contributed by atoms with Crippen molar-refractivity contribution in [2.75, 3.05) is 23.3 Å². The van der Waals surface area contributed by atoms with E-state index in [0.717, 1.165) is 18.8 Å². The van der Waals surface area contributed by atoms with Gasteiger partial charge in [-0.2, -0.15) is 0 Å². The van der Waals surface area contributed by atoms with Gasteiger partial charge < -0.3 is 10.2 Å². The van der Waals surface area contributed by atoms with Crippen molar-refractivity contribution in [2.45, 2.75) is 13.8 Å². The highest BCUT2D eigenvalue weighted by molar-refractivity contribution is 6.13. The first-order valence-electron chi connectivity index (χ1n) is 6.59. The van der Waals surface area contributed by atoms with Crippen LogP contribution in [0.2, 0.25) is 0 Å². The van der Waals surface area contributed by atoms with Crippen LogP contribution >= 0.6 is 0 Å². The van der Waals surface area contributed by atoms with Crippen LogP contribution in [0.4, 0.5) is 17.1 Å². The molecule has 0 spiro atoms. The second-order valence-electron chi connectivity index (χ2n) is 4.55. The fourth-order valence-electron chi connectivity index (χ4n) is 2.50. The number of hydrogen-bond donors (Lipinski definition) is 1. The summed E-state index contributed by atoms with van der Waals surface area (Å²) in [5.41, 5.74) is 6.61. The summed E-state index contributed by atoms with van der Waals surface area (Å²) < 4.78 is 0. The third-order valence-corrected chi connectivity index (χ3v) is 3.54. The van der Waals surface area contributed by atoms with Gasteiger partial charge in [-0.1, -0.05) is 24.3 Å². The van der Waals surface area contributed by atoms with Gasteiger partial charge in [0, 0.05) is 35.6 Å². The molecule has 0 unspecified atom stereocenters. The molecular formula is C16H18N2. The van der Waals surface area contributed by atoms with Crippen molar-refractivity contribution in [2.24, 2.45) is 0 Å². The van der Waals surface area contributed by atoms with Crippen LogP contribution in [0.5, 0.6) is 0 Å². The fraction of sp³-hybridized carbons (Fsp3) is 0.250. The Morgan fingerprint density at radius 3 is 2.33 bits per heavy atom. The van der Waals surface area contributed by atoms with Gasteiger partial charge >= 0.3 is 0 Å². The van der Waals surface area contributed by atoms with E-state index in [1.165, 1.54) is 22.5 Å². The average molecular weight is 238 g/mol. The van der Waals surface area contributed by atoms with Crippen LogP contribution < -0.4 is 10.2 Å². The SMILES string of the molecule is CCN(CC)c1ccc2c(Nc3ccccc3)c1-2. The monoisotopic (exact) mass is 238 g/mol. The van der Waals surface area contributed by atoms with E-state index in [1.54, 1.807) is 0 Å². The van der Waals surface area contributed by atoms with Crippen LogP contribution in [-0.4, -0.2) is 13.1 Å². The van der Waals surface area contributed by atoms with Crippen molar-refractivity contribution in [3.05, 3.63) is 42.5 Å². The number of benzene rings is 2. The molecule has 0 aromatic heterocycles. The molecular weight excluding hydrogens is 220 g/mol. The molecule has 0 bridgehead atoms. The van der Waals surface area contributed by atoms with Crippen molar-refractivity contribution < 1.29 is 0 Å². The Morgan fingerprint density at radius 2 is 1.67 bits per heavy atom. The maximum atomic E-state index is 3.49. The van der Waals surface area contributed by atoms with Crippen molar-refractivity contribution in [3.8, 4) is 11.1 Å². The van der Waals surface area contributed by atoms with E-state index in [9.17, 15) is 0 Å². The molecule has 2 aliphatic rings. The van der Waals surface area contributed by atoms with Crippen LogP contribution in [0.25, 0.3) is 11.1 Å². The van der Waals surface area contributed by atoms with E-state index >= 15 is 0 Å². The molecule has 0 amide bonds. The maximum Gasteiger partial charge on any atom is 0.0567 e. The number of fused-ring (bicyclic) bond motifs is 1. The molecule has 1 aromatic carbocycles. The number of hydrogen-bond acceptors (Lipinski definition) is 2. The Bertz CT molecular complexity index is 557. The van der Waals surface area contributed by atoms with Gasteiger partial charge in [-0.25, -0.2) is 0 Å². The standard InChI is InChI=1S/C16H18N2/c1-3-18(4-2)14-11-10-13-15(14)16(13)17-12-8-6-5-7-9-12/h5-11,17H,3-4H2,1-2H3. The zero-order chi connectivity index (χ0) is 12.5. The van der Waals surface area contributed by atoms with Crippen molar-refractivity contribution in [1.29, 1.82) is 0 Å². The normalized spacial score (nSPS) is 11.2. The molecule has 1 N–H and O–H groups in total.